The van der Waals surface area contributed by atoms with Gasteiger partial charge in [0.2, 0.25) is 0 Å². The van der Waals surface area contributed by atoms with Crippen molar-refractivity contribution in [3.05, 3.63) is 35.1 Å². The molecule has 0 N–H and O–H groups in total. The molecule has 1 unspecified atom stereocenters. The smallest absolute Gasteiger partial charge is 0.140 e. The van der Waals surface area contributed by atoms with Gasteiger partial charge in [0.15, 0.2) is 0 Å². The normalized spacial score (nSPS) is 20.2. The fourth-order valence-electron chi connectivity index (χ4n) is 2.92. The molecule has 102 valence electrons. The number of hydrogen-bond donors (Lipinski definition) is 0. The van der Waals surface area contributed by atoms with Gasteiger partial charge in [-0.3, -0.25) is 4.90 Å². The van der Waals surface area contributed by atoms with Crippen molar-refractivity contribution >= 4 is 0 Å². The second-order valence-electron chi connectivity index (χ2n) is 5.33. The van der Waals surface area contributed by atoms with Gasteiger partial charge in [0.25, 0.3) is 0 Å². The number of hydrogen-bond acceptors (Lipinski definition) is 2. The maximum absolute atomic E-state index is 13.3. The molecule has 1 aromatic rings. The van der Waals surface area contributed by atoms with Crippen LogP contribution in [0.15, 0.2) is 18.2 Å². The molecule has 0 aliphatic carbocycles. The second kappa shape index (κ2) is 6.68. The molecule has 1 aromatic carbocycles. The topological polar surface area (TPSA) is 27.0 Å². The van der Waals surface area contributed by atoms with Crippen molar-refractivity contribution in [2.75, 3.05) is 6.54 Å². The molecule has 1 heterocycles. The van der Waals surface area contributed by atoms with Crippen molar-refractivity contribution < 1.29 is 4.39 Å². The molecule has 0 radical (unpaired) electrons. The Labute approximate surface area is 114 Å². The Bertz CT molecular complexity index is 462. The molecular weight excluding hydrogens is 239 g/mol. The number of piperidine rings is 1. The monoisotopic (exact) mass is 260 g/mol. The summed E-state index contributed by atoms with van der Waals surface area (Å²) in [5.74, 6) is -0.421. The molecule has 3 heteroatoms. The lowest BCUT2D eigenvalue weighted by molar-refractivity contribution is 0.131. The quantitative estimate of drug-likeness (QED) is 0.822. The molecule has 1 fully saturated rings. The molecule has 0 amide bonds. The third kappa shape index (κ3) is 3.54. The third-order valence-corrected chi connectivity index (χ3v) is 3.91. The predicted molar refractivity (Wildman–Crippen MR) is 74.1 cm³/mol. The van der Waals surface area contributed by atoms with Gasteiger partial charge in [-0.15, -0.1) is 0 Å². The van der Waals surface area contributed by atoms with Gasteiger partial charge in [-0.1, -0.05) is 25.8 Å². The van der Waals surface area contributed by atoms with Crippen LogP contribution in [0.3, 0.4) is 0 Å². The van der Waals surface area contributed by atoms with Crippen LogP contribution in [0.25, 0.3) is 0 Å². The molecule has 1 atom stereocenters. The zero-order valence-corrected chi connectivity index (χ0v) is 11.5. The van der Waals surface area contributed by atoms with Gasteiger partial charge in [-0.25, -0.2) is 4.39 Å². The van der Waals surface area contributed by atoms with Gasteiger partial charge in [0, 0.05) is 12.6 Å². The van der Waals surface area contributed by atoms with Gasteiger partial charge in [-0.2, -0.15) is 5.26 Å². The summed E-state index contributed by atoms with van der Waals surface area (Å²) in [7, 11) is 0. The standard InChI is InChI=1S/C16H21FN2/c1-2-5-15-6-3-4-9-19(15)12-13-7-8-16(17)14(10-13)11-18/h7-8,10,15H,2-6,9,12H2,1H3. The van der Waals surface area contributed by atoms with Crippen LogP contribution in [0.4, 0.5) is 4.39 Å². The summed E-state index contributed by atoms with van der Waals surface area (Å²) in [4.78, 5) is 2.49. The highest BCUT2D eigenvalue weighted by Crippen LogP contribution is 2.23. The lowest BCUT2D eigenvalue weighted by Gasteiger charge is -2.35. The zero-order chi connectivity index (χ0) is 13.7. The van der Waals surface area contributed by atoms with Crippen molar-refractivity contribution in [1.29, 1.82) is 5.26 Å². The zero-order valence-electron chi connectivity index (χ0n) is 11.5. The van der Waals surface area contributed by atoms with E-state index in [2.05, 4.69) is 11.8 Å². The molecule has 1 saturated heterocycles. The minimum atomic E-state index is -0.421. The Morgan fingerprint density at radius 1 is 1.42 bits per heavy atom. The maximum Gasteiger partial charge on any atom is 0.140 e. The molecule has 0 spiro atoms. The van der Waals surface area contributed by atoms with E-state index >= 15 is 0 Å². The van der Waals surface area contributed by atoms with Crippen molar-refractivity contribution in [3.63, 3.8) is 0 Å². The molecule has 2 nitrogen and oxygen atoms in total. The average molecular weight is 260 g/mol. The Kier molecular flexibility index (Phi) is 4.93. The summed E-state index contributed by atoms with van der Waals surface area (Å²) in [6.07, 6.45) is 6.25. The Morgan fingerprint density at radius 2 is 2.26 bits per heavy atom. The highest BCUT2D eigenvalue weighted by Gasteiger charge is 2.21. The van der Waals surface area contributed by atoms with Crippen LogP contribution in [-0.2, 0) is 6.54 Å². The Morgan fingerprint density at radius 3 is 3.00 bits per heavy atom. The lowest BCUT2D eigenvalue weighted by Crippen LogP contribution is -2.38. The SMILES string of the molecule is CCCC1CCCCN1Cc1ccc(F)c(C#N)c1. The van der Waals surface area contributed by atoms with E-state index in [-0.39, 0.29) is 5.56 Å². The summed E-state index contributed by atoms with van der Waals surface area (Å²) < 4.78 is 13.3. The van der Waals surface area contributed by atoms with Crippen LogP contribution in [-0.4, -0.2) is 17.5 Å². The molecular formula is C16H21FN2. The lowest BCUT2D eigenvalue weighted by atomic mass is 9.97. The van der Waals surface area contributed by atoms with Gasteiger partial charge < -0.3 is 0 Å². The van der Waals surface area contributed by atoms with E-state index in [1.807, 2.05) is 6.07 Å². The van der Waals surface area contributed by atoms with Crippen LogP contribution in [0.5, 0.6) is 0 Å². The van der Waals surface area contributed by atoms with Crippen molar-refractivity contribution in [2.24, 2.45) is 0 Å². The van der Waals surface area contributed by atoms with Gasteiger partial charge in [-0.05, 0) is 43.5 Å². The van der Waals surface area contributed by atoms with E-state index in [0.29, 0.717) is 6.04 Å². The van der Waals surface area contributed by atoms with Gasteiger partial charge in [0.05, 0.1) is 5.56 Å². The maximum atomic E-state index is 13.3. The first-order valence-corrected chi connectivity index (χ1v) is 7.17. The summed E-state index contributed by atoms with van der Waals surface area (Å²) in [5, 5.41) is 8.88. The van der Waals surface area contributed by atoms with E-state index in [1.165, 1.54) is 38.2 Å². The summed E-state index contributed by atoms with van der Waals surface area (Å²) >= 11 is 0. The molecule has 1 aliphatic heterocycles. The van der Waals surface area contributed by atoms with E-state index in [4.69, 9.17) is 5.26 Å². The largest absolute Gasteiger partial charge is 0.296 e. The summed E-state index contributed by atoms with van der Waals surface area (Å²) in [6, 6.07) is 7.46. The molecule has 2 rings (SSSR count). The van der Waals surface area contributed by atoms with Crippen molar-refractivity contribution in [1.82, 2.24) is 4.90 Å². The first kappa shape index (κ1) is 14.0. The fourth-order valence-corrected chi connectivity index (χ4v) is 2.92. The van der Waals surface area contributed by atoms with Crippen LogP contribution in [0.1, 0.15) is 50.2 Å². The van der Waals surface area contributed by atoms with E-state index < -0.39 is 5.82 Å². The van der Waals surface area contributed by atoms with Crippen molar-refractivity contribution in [2.45, 2.75) is 51.6 Å². The third-order valence-electron chi connectivity index (χ3n) is 3.91. The average Bonchev–Trinajstić information content (AvgIpc) is 2.43. The number of benzene rings is 1. The molecule has 0 bridgehead atoms. The van der Waals surface area contributed by atoms with Gasteiger partial charge >= 0.3 is 0 Å². The van der Waals surface area contributed by atoms with Crippen molar-refractivity contribution in [3.8, 4) is 6.07 Å². The number of likely N-dealkylation sites (tertiary alicyclic amines) is 1. The number of rotatable bonds is 4. The number of nitriles is 1. The molecule has 1 aliphatic rings. The van der Waals surface area contributed by atoms with Crippen LogP contribution < -0.4 is 0 Å². The first-order chi connectivity index (χ1) is 9.24. The summed E-state index contributed by atoms with van der Waals surface area (Å²) in [5.41, 5.74) is 1.20. The number of halogens is 1. The summed E-state index contributed by atoms with van der Waals surface area (Å²) in [6.45, 7) is 4.17. The van der Waals surface area contributed by atoms with Gasteiger partial charge in [0.1, 0.15) is 11.9 Å². The van der Waals surface area contributed by atoms with Crippen LogP contribution in [0, 0.1) is 17.1 Å². The van der Waals surface area contributed by atoms with E-state index in [9.17, 15) is 4.39 Å². The minimum absolute atomic E-state index is 0.154. The van der Waals surface area contributed by atoms with Crippen LogP contribution in [0.2, 0.25) is 0 Å². The predicted octanol–water partition coefficient (Wildman–Crippen LogP) is 3.85. The minimum Gasteiger partial charge on any atom is -0.296 e. The number of nitrogens with zero attached hydrogens (tertiary/aromatic N) is 2. The Hall–Kier alpha value is -1.40. The Balaban J connectivity index is 2.08. The molecule has 0 saturated carbocycles. The van der Waals surface area contributed by atoms with Crippen LogP contribution >= 0.6 is 0 Å². The highest BCUT2D eigenvalue weighted by atomic mass is 19.1. The molecule has 0 aromatic heterocycles. The second-order valence-corrected chi connectivity index (χ2v) is 5.33. The van der Waals surface area contributed by atoms with E-state index in [0.717, 1.165) is 18.7 Å². The van der Waals surface area contributed by atoms with E-state index in [1.54, 1.807) is 12.1 Å². The first-order valence-electron chi connectivity index (χ1n) is 7.17. The molecule has 19 heavy (non-hydrogen) atoms. The fraction of sp³-hybridized carbons (Fsp3) is 0.562. The highest BCUT2D eigenvalue weighted by molar-refractivity contribution is 5.34.